The second kappa shape index (κ2) is 9.96. The summed E-state index contributed by atoms with van der Waals surface area (Å²) >= 11 is 0. The molecule has 0 aliphatic carbocycles. The molecule has 0 bridgehead atoms. The van der Waals surface area contributed by atoms with E-state index in [1.54, 1.807) is 6.07 Å². The zero-order chi connectivity index (χ0) is 30.8. The van der Waals surface area contributed by atoms with Crippen LogP contribution in [0.3, 0.4) is 0 Å². The van der Waals surface area contributed by atoms with E-state index < -0.39 is 0 Å². The molecule has 9 aromatic rings. The van der Waals surface area contributed by atoms with Gasteiger partial charge >= 0.3 is 0 Å². The molecule has 2 heterocycles. The lowest BCUT2D eigenvalue weighted by atomic mass is 10.0. The fraction of sp³-hybridized carbons (Fsp3) is 0. The summed E-state index contributed by atoms with van der Waals surface area (Å²) in [5.74, 6) is 0. The number of benzene rings is 7. The first-order chi connectivity index (χ1) is 22.7. The van der Waals surface area contributed by atoms with Crippen molar-refractivity contribution in [2.24, 2.45) is 0 Å². The van der Waals surface area contributed by atoms with Crippen molar-refractivity contribution >= 4 is 60.1 Å². The summed E-state index contributed by atoms with van der Waals surface area (Å²) < 4.78 is 4.45. The highest BCUT2D eigenvalue weighted by atomic mass is 15.1. The molecule has 0 spiro atoms. The summed E-state index contributed by atoms with van der Waals surface area (Å²) in [4.78, 5) is 3.83. The van der Waals surface area contributed by atoms with Crippen molar-refractivity contribution in [3.05, 3.63) is 163 Å². The molecule has 7 aromatic carbocycles. The molecule has 0 unspecified atom stereocenters. The number of para-hydroxylation sites is 2. The van der Waals surface area contributed by atoms with Crippen LogP contribution in [0.1, 0.15) is 5.56 Å². The number of rotatable bonds is 3. The van der Waals surface area contributed by atoms with Gasteiger partial charge in [0, 0.05) is 21.5 Å². The predicted octanol–water partition coefficient (Wildman–Crippen LogP) is 11.1. The second-order valence-electron chi connectivity index (χ2n) is 11.6. The Morgan fingerprint density at radius 3 is 1.96 bits per heavy atom. The molecular weight excluding hydrogens is 560 g/mol. The molecule has 0 radical (unpaired) electrons. The molecule has 0 fully saturated rings. The van der Waals surface area contributed by atoms with Crippen LogP contribution < -0.4 is 0 Å². The third kappa shape index (κ3) is 3.65. The third-order valence-corrected chi connectivity index (χ3v) is 9.13. The highest BCUT2D eigenvalue weighted by molar-refractivity contribution is 6.21. The molecule has 2 aromatic heterocycles. The Morgan fingerprint density at radius 2 is 1.17 bits per heavy atom. The van der Waals surface area contributed by atoms with Crippen molar-refractivity contribution in [2.45, 2.75) is 0 Å². The van der Waals surface area contributed by atoms with E-state index in [2.05, 4.69) is 141 Å². The van der Waals surface area contributed by atoms with Gasteiger partial charge in [0.25, 0.3) is 0 Å². The van der Waals surface area contributed by atoms with Gasteiger partial charge in [0.2, 0.25) is 0 Å². The van der Waals surface area contributed by atoms with E-state index in [1.165, 1.54) is 10.8 Å². The van der Waals surface area contributed by atoms with Crippen LogP contribution in [-0.2, 0) is 0 Å². The Hall–Kier alpha value is -6.62. The van der Waals surface area contributed by atoms with Crippen molar-refractivity contribution in [3.8, 4) is 28.6 Å². The van der Waals surface area contributed by atoms with E-state index in [0.29, 0.717) is 11.3 Å². The van der Waals surface area contributed by atoms with Crippen molar-refractivity contribution < 1.29 is 0 Å². The van der Waals surface area contributed by atoms with Crippen LogP contribution >= 0.6 is 0 Å². The van der Waals surface area contributed by atoms with Crippen molar-refractivity contribution in [1.29, 1.82) is 5.26 Å². The van der Waals surface area contributed by atoms with Gasteiger partial charge in [-0.15, -0.1) is 0 Å². The maximum Gasteiger partial charge on any atom is 0.190 e. The fourth-order valence-corrected chi connectivity index (χ4v) is 7.18. The van der Waals surface area contributed by atoms with Crippen LogP contribution in [0, 0.1) is 17.9 Å². The van der Waals surface area contributed by atoms with Crippen LogP contribution in [0.5, 0.6) is 0 Å². The number of hydrogen-bond acceptors (Lipinski definition) is 1. The fourth-order valence-electron chi connectivity index (χ4n) is 7.18. The summed E-state index contributed by atoms with van der Waals surface area (Å²) in [6.45, 7) is 7.98. The van der Waals surface area contributed by atoms with Crippen LogP contribution in [0.4, 0.5) is 5.69 Å². The van der Waals surface area contributed by atoms with Gasteiger partial charge in [-0.3, -0.25) is 0 Å². The highest BCUT2D eigenvalue weighted by Crippen LogP contribution is 2.43. The van der Waals surface area contributed by atoms with Crippen LogP contribution in [0.15, 0.2) is 146 Å². The van der Waals surface area contributed by atoms with Gasteiger partial charge in [0.1, 0.15) is 6.07 Å². The van der Waals surface area contributed by atoms with Crippen LogP contribution in [0.2, 0.25) is 0 Å². The molecule has 0 aliphatic heterocycles. The van der Waals surface area contributed by atoms with Gasteiger partial charge in [-0.1, -0.05) is 103 Å². The Balaban J connectivity index is 1.45. The number of hydrogen-bond donors (Lipinski definition) is 0. The molecule has 4 nitrogen and oxygen atoms in total. The molecule has 0 amide bonds. The highest BCUT2D eigenvalue weighted by Gasteiger charge is 2.23. The lowest BCUT2D eigenvalue weighted by Gasteiger charge is -2.19. The smallest absolute Gasteiger partial charge is 0.190 e. The van der Waals surface area contributed by atoms with Gasteiger partial charge < -0.3 is 9.13 Å². The molecule has 212 valence electrons. The van der Waals surface area contributed by atoms with Gasteiger partial charge in [0.05, 0.1) is 45.6 Å². The topological polar surface area (TPSA) is 38.0 Å². The van der Waals surface area contributed by atoms with E-state index in [9.17, 15) is 5.26 Å². The first-order valence-corrected chi connectivity index (χ1v) is 15.2. The Kier molecular flexibility index (Phi) is 5.59. The predicted molar refractivity (Wildman–Crippen MR) is 189 cm³/mol. The van der Waals surface area contributed by atoms with Crippen LogP contribution in [-0.4, -0.2) is 9.13 Å². The monoisotopic (exact) mass is 584 g/mol. The van der Waals surface area contributed by atoms with E-state index in [-0.39, 0.29) is 0 Å². The number of nitrogens with zero attached hydrogens (tertiary/aromatic N) is 4. The van der Waals surface area contributed by atoms with Crippen molar-refractivity contribution in [3.63, 3.8) is 0 Å². The SMILES string of the molecule is [C-]#[N+]c1cc(C#N)c(-n2c3ccccc3c3cc(-c4ccccc4)ccc32)c(-n2c3ccccc3c3c4ccccc4ccc32)c1. The number of aromatic nitrogens is 2. The Labute approximate surface area is 265 Å². The Morgan fingerprint density at radius 1 is 0.522 bits per heavy atom. The zero-order valence-electron chi connectivity index (χ0n) is 24.6. The number of fused-ring (bicyclic) bond motifs is 8. The molecule has 4 heteroatoms. The average molecular weight is 585 g/mol. The average Bonchev–Trinajstić information content (AvgIpc) is 3.64. The zero-order valence-corrected chi connectivity index (χ0v) is 24.6. The minimum absolute atomic E-state index is 0.425. The summed E-state index contributed by atoms with van der Waals surface area (Å²) in [6.07, 6.45) is 0. The number of nitriles is 1. The third-order valence-electron chi connectivity index (χ3n) is 9.13. The lowest BCUT2D eigenvalue weighted by molar-refractivity contribution is 1.09. The maximum absolute atomic E-state index is 10.7. The molecule has 0 N–H and O–H groups in total. The summed E-state index contributed by atoms with van der Waals surface area (Å²) in [5.41, 5.74) is 8.76. The lowest BCUT2D eigenvalue weighted by Crippen LogP contribution is -2.06. The summed E-state index contributed by atoms with van der Waals surface area (Å²) in [7, 11) is 0. The van der Waals surface area contributed by atoms with E-state index >= 15 is 0 Å². The van der Waals surface area contributed by atoms with Gasteiger partial charge in [-0.05, 0) is 64.4 Å². The van der Waals surface area contributed by atoms with Gasteiger partial charge in [-0.25, -0.2) is 4.85 Å². The minimum Gasteiger partial charge on any atom is -0.308 e. The Bertz CT molecular complexity index is 2770. The standard InChI is InChI=1S/C42H24N4/c1-44-31-23-30(26-43)42(46-36-17-9-7-15-33(36)35-24-29(20-21-38(35)46)27-11-3-2-4-12-27)40(25-31)45-37-18-10-8-16-34(37)41-32-14-6-5-13-28(32)19-22-39(41)45/h2-25H. The van der Waals surface area contributed by atoms with Crippen molar-refractivity contribution in [2.75, 3.05) is 0 Å². The first-order valence-electron chi connectivity index (χ1n) is 15.2. The summed E-state index contributed by atoms with van der Waals surface area (Å²) in [6, 6.07) is 52.6. The van der Waals surface area contributed by atoms with E-state index in [4.69, 9.17) is 6.57 Å². The molecular formula is C42H24N4. The molecule has 0 saturated heterocycles. The first kappa shape index (κ1) is 25.8. The van der Waals surface area contributed by atoms with Gasteiger partial charge in [0.15, 0.2) is 5.69 Å². The van der Waals surface area contributed by atoms with Gasteiger partial charge in [-0.2, -0.15) is 5.26 Å². The maximum atomic E-state index is 10.7. The second-order valence-corrected chi connectivity index (χ2v) is 11.6. The quantitative estimate of drug-likeness (QED) is 0.190. The molecule has 0 atom stereocenters. The molecule has 46 heavy (non-hydrogen) atoms. The largest absolute Gasteiger partial charge is 0.308 e. The molecule has 0 saturated carbocycles. The molecule has 9 rings (SSSR count). The summed E-state index contributed by atoms with van der Waals surface area (Å²) in [5, 5.41) is 17.5. The van der Waals surface area contributed by atoms with E-state index in [1.807, 2.05) is 18.2 Å². The van der Waals surface area contributed by atoms with E-state index in [0.717, 1.165) is 66.1 Å². The van der Waals surface area contributed by atoms with Crippen molar-refractivity contribution in [1.82, 2.24) is 9.13 Å². The normalized spacial score (nSPS) is 11.4. The molecule has 0 aliphatic rings. The minimum atomic E-state index is 0.425. The van der Waals surface area contributed by atoms with Crippen LogP contribution in [0.25, 0.3) is 81.7 Å².